The van der Waals surface area contributed by atoms with Crippen LogP contribution >= 0.6 is 11.3 Å². The Balaban J connectivity index is 1.78. The zero-order valence-corrected chi connectivity index (χ0v) is 11.9. The maximum absolute atomic E-state index is 11.6. The molecule has 0 aliphatic carbocycles. The van der Waals surface area contributed by atoms with Crippen LogP contribution in [-0.2, 0) is 16.0 Å². The summed E-state index contributed by atoms with van der Waals surface area (Å²) in [6, 6.07) is 11.0. The standard InChI is InChI=1S/C15H15NO3S/c1-11-5-2-3-7-13(11)19-15(18)10-16-14(17)9-12-6-4-8-20-12/h2-8H,9-10H2,1H3,(H,16,17). The van der Waals surface area contributed by atoms with Crippen molar-refractivity contribution in [3.63, 3.8) is 0 Å². The summed E-state index contributed by atoms with van der Waals surface area (Å²) in [7, 11) is 0. The van der Waals surface area contributed by atoms with Crippen LogP contribution in [0.15, 0.2) is 41.8 Å². The zero-order valence-electron chi connectivity index (χ0n) is 11.1. The van der Waals surface area contributed by atoms with Gasteiger partial charge in [-0.1, -0.05) is 24.3 Å². The van der Waals surface area contributed by atoms with Gasteiger partial charge in [-0.25, -0.2) is 4.79 Å². The maximum Gasteiger partial charge on any atom is 0.330 e. The third-order valence-electron chi connectivity index (χ3n) is 2.66. The van der Waals surface area contributed by atoms with Crippen LogP contribution in [0, 0.1) is 6.92 Å². The van der Waals surface area contributed by atoms with Crippen LogP contribution in [0.3, 0.4) is 0 Å². The molecule has 1 heterocycles. The van der Waals surface area contributed by atoms with E-state index < -0.39 is 5.97 Å². The summed E-state index contributed by atoms with van der Waals surface area (Å²) < 4.78 is 5.18. The number of hydrogen-bond acceptors (Lipinski definition) is 4. The summed E-state index contributed by atoms with van der Waals surface area (Å²) in [6.45, 7) is 1.73. The Morgan fingerprint density at radius 3 is 2.70 bits per heavy atom. The molecule has 1 N–H and O–H groups in total. The number of thiophene rings is 1. The first-order chi connectivity index (χ1) is 9.65. The molecule has 1 aromatic carbocycles. The number of amides is 1. The second-order valence-electron chi connectivity index (χ2n) is 4.27. The van der Waals surface area contributed by atoms with Crippen LogP contribution in [0.4, 0.5) is 0 Å². The van der Waals surface area contributed by atoms with Crippen molar-refractivity contribution in [1.82, 2.24) is 5.32 Å². The Labute approximate surface area is 121 Å². The van der Waals surface area contributed by atoms with Crippen LogP contribution in [0.25, 0.3) is 0 Å². The first-order valence-corrected chi connectivity index (χ1v) is 7.08. The van der Waals surface area contributed by atoms with Crippen molar-refractivity contribution >= 4 is 23.2 Å². The molecule has 0 saturated heterocycles. The van der Waals surface area contributed by atoms with Gasteiger partial charge in [0.15, 0.2) is 0 Å². The Morgan fingerprint density at radius 2 is 2.00 bits per heavy atom. The van der Waals surface area contributed by atoms with E-state index >= 15 is 0 Å². The van der Waals surface area contributed by atoms with E-state index in [2.05, 4.69) is 5.32 Å². The second-order valence-corrected chi connectivity index (χ2v) is 5.30. The molecule has 0 aliphatic rings. The number of ether oxygens (including phenoxy) is 1. The van der Waals surface area contributed by atoms with Gasteiger partial charge in [0.25, 0.3) is 0 Å². The van der Waals surface area contributed by atoms with Crippen molar-refractivity contribution in [3.8, 4) is 5.75 Å². The van der Waals surface area contributed by atoms with Crippen molar-refractivity contribution < 1.29 is 14.3 Å². The topological polar surface area (TPSA) is 55.4 Å². The fraction of sp³-hybridized carbons (Fsp3) is 0.200. The lowest BCUT2D eigenvalue weighted by Gasteiger charge is -2.07. The van der Waals surface area contributed by atoms with Gasteiger partial charge < -0.3 is 10.1 Å². The first-order valence-electron chi connectivity index (χ1n) is 6.20. The smallest absolute Gasteiger partial charge is 0.330 e. The van der Waals surface area contributed by atoms with E-state index in [1.165, 1.54) is 11.3 Å². The van der Waals surface area contributed by atoms with E-state index in [1.54, 1.807) is 12.1 Å². The second kappa shape index (κ2) is 6.86. The molecule has 1 amide bonds. The highest BCUT2D eigenvalue weighted by Crippen LogP contribution is 2.16. The third kappa shape index (κ3) is 4.20. The van der Waals surface area contributed by atoms with E-state index in [4.69, 9.17) is 4.74 Å². The molecule has 0 unspecified atom stereocenters. The normalized spacial score (nSPS) is 10.1. The number of esters is 1. The maximum atomic E-state index is 11.6. The highest BCUT2D eigenvalue weighted by molar-refractivity contribution is 7.10. The molecular weight excluding hydrogens is 274 g/mol. The fourth-order valence-electron chi connectivity index (χ4n) is 1.63. The number of aryl methyl sites for hydroxylation is 1. The summed E-state index contributed by atoms with van der Waals surface area (Å²) in [5.41, 5.74) is 0.880. The minimum atomic E-state index is -0.473. The Bertz CT molecular complexity index is 593. The van der Waals surface area contributed by atoms with Crippen LogP contribution in [0.1, 0.15) is 10.4 Å². The van der Waals surface area contributed by atoms with Gasteiger partial charge in [-0.3, -0.25) is 4.79 Å². The van der Waals surface area contributed by atoms with E-state index in [0.717, 1.165) is 10.4 Å². The fourth-order valence-corrected chi connectivity index (χ4v) is 2.34. The molecule has 2 rings (SSSR count). The molecule has 4 nitrogen and oxygen atoms in total. The summed E-state index contributed by atoms with van der Waals surface area (Å²) in [5.74, 6) is -0.141. The Morgan fingerprint density at radius 1 is 1.20 bits per heavy atom. The van der Waals surface area contributed by atoms with Gasteiger partial charge in [-0.2, -0.15) is 0 Å². The Kier molecular flexibility index (Phi) is 4.90. The van der Waals surface area contributed by atoms with E-state index in [-0.39, 0.29) is 18.9 Å². The molecule has 2 aromatic rings. The average molecular weight is 289 g/mol. The van der Waals surface area contributed by atoms with Crippen molar-refractivity contribution in [2.24, 2.45) is 0 Å². The van der Waals surface area contributed by atoms with Gasteiger partial charge in [0, 0.05) is 4.88 Å². The first kappa shape index (κ1) is 14.3. The molecule has 0 bridgehead atoms. The van der Waals surface area contributed by atoms with E-state index in [9.17, 15) is 9.59 Å². The minimum absolute atomic E-state index is 0.126. The molecule has 0 atom stereocenters. The van der Waals surface area contributed by atoms with Crippen molar-refractivity contribution in [2.75, 3.05) is 6.54 Å². The van der Waals surface area contributed by atoms with Crippen LogP contribution in [-0.4, -0.2) is 18.4 Å². The number of benzene rings is 1. The zero-order chi connectivity index (χ0) is 14.4. The van der Waals surface area contributed by atoms with Crippen LogP contribution < -0.4 is 10.1 Å². The summed E-state index contributed by atoms with van der Waals surface area (Å²) >= 11 is 1.51. The molecule has 0 fully saturated rings. The predicted molar refractivity (Wildman–Crippen MR) is 77.8 cm³/mol. The number of nitrogens with one attached hydrogen (secondary N) is 1. The van der Waals surface area contributed by atoms with Crippen LogP contribution in [0.5, 0.6) is 5.75 Å². The Hall–Kier alpha value is -2.14. The van der Waals surface area contributed by atoms with Gasteiger partial charge in [0.2, 0.25) is 5.91 Å². The van der Waals surface area contributed by atoms with Crippen LogP contribution in [0.2, 0.25) is 0 Å². The van der Waals surface area contributed by atoms with Crippen molar-refractivity contribution in [1.29, 1.82) is 0 Å². The van der Waals surface area contributed by atoms with E-state index in [0.29, 0.717) is 5.75 Å². The molecular formula is C15H15NO3S. The van der Waals surface area contributed by atoms with Gasteiger partial charge >= 0.3 is 5.97 Å². The summed E-state index contributed by atoms with van der Waals surface area (Å²) in [4.78, 5) is 24.2. The van der Waals surface area contributed by atoms with Gasteiger partial charge in [-0.15, -0.1) is 11.3 Å². The number of carbonyl (C=O) groups is 2. The quantitative estimate of drug-likeness (QED) is 0.679. The molecule has 20 heavy (non-hydrogen) atoms. The van der Waals surface area contributed by atoms with Crippen molar-refractivity contribution in [2.45, 2.75) is 13.3 Å². The summed E-state index contributed by atoms with van der Waals surface area (Å²) in [5, 5.41) is 4.47. The highest BCUT2D eigenvalue weighted by Gasteiger charge is 2.09. The largest absolute Gasteiger partial charge is 0.425 e. The molecule has 0 aliphatic heterocycles. The lowest BCUT2D eigenvalue weighted by Crippen LogP contribution is -2.32. The molecule has 0 saturated carbocycles. The van der Waals surface area contributed by atoms with Gasteiger partial charge in [-0.05, 0) is 30.0 Å². The SMILES string of the molecule is Cc1ccccc1OC(=O)CNC(=O)Cc1cccs1. The van der Waals surface area contributed by atoms with Gasteiger partial charge in [0.1, 0.15) is 12.3 Å². The number of rotatable bonds is 5. The monoisotopic (exact) mass is 289 g/mol. The lowest BCUT2D eigenvalue weighted by molar-refractivity contribution is -0.135. The third-order valence-corrected chi connectivity index (χ3v) is 3.54. The number of hydrogen-bond donors (Lipinski definition) is 1. The van der Waals surface area contributed by atoms with Gasteiger partial charge in [0.05, 0.1) is 6.42 Å². The molecule has 5 heteroatoms. The highest BCUT2D eigenvalue weighted by atomic mass is 32.1. The predicted octanol–water partition coefficient (Wildman–Crippen LogP) is 2.32. The van der Waals surface area contributed by atoms with Crippen molar-refractivity contribution in [3.05, 3.63) is 52.2 Å². The summed E-state index contributed by atoms with van der Waals surface area (Å²) in [6.07, 6.45) is 0.287. The molecule has 0 radical (unpaired) electrons. The molecule has 0 spiro atoms. The molecule has 104 valence electrons. The lowest BCUT2D eigenvalue weighted by atomic mass is 10.2. The minimum Gasteiger partial charge on any atom is -0.425 e. The average Bonchev–Trinajstić information content (AvgIpc) is 2.92. The number of carbonyl (C=O) groups excluding carboxylic acids is 2. The van der Waals surface area contributed by atoms with E-state index in [1.807, 2.05) is 36.6 Å². The number of para-hydroxylation sites is 1. The molecule has 1 aromatic heterocycles.